The summed E-state index contributed by atoms with van der Waals surface area (Å²) in [6.45, 7) is 0. The number of hydrogen-bond acceptors (Lipinski definition) is 5. The molecule has 9 heteroatoms. The maximum Gasteiger partial charge on any atom is 0.258 e. The van der Waals surface area contributed by atoms with E-state index in [1.165, 1.54) is 0 Å². The van der Waals surface area contributed by atoms with Gasteiger partial charge in [-0.25, -0.2) is 0 Å². The molecule has 3 N–H and O–H groups in total. The van der Waals surface area contributed by atoms with Gasteiger partial charge in [0.2, 0.25) is 5.91 Å². The third-order valence-electron chi connectivity index (χ3n) is 4.63. The fourth-order valence-electron chi connectivity index (χ4n) is 3.15. The Balaban J connectivity index is 1.54. The molecule has 0 aliphatic rings. The van der Waals surface area contributed by atoms with E-state index in [0.29, 0.717) is 22.3 Å². The molecule has 0 radical (unpaired) electrons. The fraction of sp³-hybridized carbons (Fsp3) is 0.0435. The maximum absolute atomic E-state index is 12.8. The molecule has 0 aliphatic carbocycles. The topological polar surface area (TPSA) is 96.0 Å². The van der Waals surface area contributed by atoms with Crippen molar-refractivity contribution < 1.29 is 9.59 Å². The molecule has 0 atom stereocenters. The molecule has 2 aromatic carbocycles. The van der Waals surface area contributed by atoms with Crippen LogP contribution in [-0.2, 0) is 11.2 Å². The highest BCUT2D eigenvalue weighted by atomic mass is 35.5. The third kappa shape index (κ3) is 4.80. The van der Waals surface area contributed by atoms with Gasteiger partial charge in [0.1, 0.15) is 0 Å². The van der Waals surface area contributed by atoms with Crippen LogP contribution in [0.3, 0.4) is 0 Å². The number of para-hydroxylation sites is 1. The molecule has 0 fully saturated rings. The van der Waals surface area contributed by atoms with Gasteiger partial charge in [0.15, 0.2) is 0 Å². The summed E-state index contributed by atoms with van der Waals surface area (Å²) in [4.78, 5) is 33.4. The lowest BCUT2D eigenvalue weighted by molar-refractivity contribution is -0.119. The van der Waals surface area contributed by atoms with E-state index in [4.69, 9.17) is 23.2 Å². The number of rotatable bonds is 6. The van der Waals surface area contributed by atoms with Crippen molar-refractivity contribution in [2.45, 2.75) is 6.42 Å². The van der Waals surface area contributed by atoms with E-state index in [1.807, 2.05) is 12.1 Å². The second kappa shape index (κ2) is 9.64. The predicted molar refractivity (Wildman–Crippen MR) is 126 cm³/mol. The van der Waals surface area contributed by atoms with Gasteiger partial charge in [-0.2, -0.15) is 0 Å². The molecule has 32 heavy (non-hydrogen) atoms. The highest BCUT2D eigenvalue weighted by molar-refractivity contribution is 6.40. The molecule has 0 aliphatic heterocycles. The van der Waals surface area contributed by atoms with Crippen molar-refractivity contribution in [2.75, 3.05) is 10.7 Å². The van der Waals surface area contributed by atoms with Gasteiger partial charge in [-0.05, 0) is 35.9 Å². The van der Waals surface area contributed by atoms with Crippen LogP contribution >= 0.6 is 23.2 Å². The van der Waals surface area contributed by atoms with Crippen molar-refractivity contribution in [3.63, 3.8) is 0 Å². The molecule has 2 amide bonds. The first-order valence-electron chi connectivity index (χ1n) is 9.60. The summed E-state index contributed by atoms with van der Waals surface area (Å²) in [6.07, 6.45) is 5.06. The highest BCUT2D eigenvalue weighted by Gasteiger charge is 2.16. The molecule has 7 nitrogen and oxygen atoms in total. The van der Waals surface area contributed by atoms with E-state index in [9.17, 15) is 9.59 Å². The van der Waals surface area contributed by atoms with Gasteiger partial charge in [0, 0.05) is 24.0 Å². The van der Waals surface area contributed by atoms with Gasteiger partial charge in [-0.15, -0.1) is 0 Å². The fourth-order valence-corrected chi connectivity index (χ4v) is 3.72. The van der Waals surface area contributed by atoms with Crippen LogP contribution in [-0.4, -0.2) is 21.8 Å². The van der Waals surface area contributed by atoms with Crippen molar-refractivity contribution >= 4 is 57.3 Å². The zero-order valence-electron chi connectivity index (χ0n) is 16.6. The number of nitrogens with one attached hydrogen (secondary N) is 3. The average molecular weight is 466 g/mol. The number of amides is 2. The van der Waals surface area contributed by atoms with Crippen LogP contribution in [0, 0.1) is 0 Å². The Labute approximate surface area is 193 Å². The molecule has 0 saturated carbocycles. The first kappa shape index (κ1) is 21.5. The van der Waals surface area contributed by atoms with E-state index in [2.05, 4.69) is 26.1 Å². The normalized spacial score (nSPS) is 10.6. The van der Waals surface area contributed by atoms with E-state index in [-0.39, 0.29) is 27.9 Å². The minimum atomic E-state index is -0.446. The Kier molecular flexibility index (Phi) is 6.49. The number of aromatic nitrogens is 2. The third-order valence-corrected chi connectivity index (χ3v) is 5.26. The summed E-state index contributed by atoms with van der Waals surface area (Å²) < 4.78 is 0. The summed E-state index contributed by atoms with van der Waals surface area (Å²) >= 11 is 12.3. The number of halogens is 2. The molecule has 4 rings (SSSR count). The molecule has 2 heterocycles. The van der Waals surface area contributed by atoms with Crippen LogP contribution in [0.2, 0.25) is 10.0 Å². The van der Waals surface area contributed by atoms with Crippen LogP contribution in [0.25, 0.3) is 10.9 Å². The van der Waals surface area contributed by atoms with Gasteiger partial charge < -0.3 is 5.32 Å². The summed E-state index contributed by atoms with van der Waals surface area (Å²) in [6, 6.07) is 15.5. The molecular formula is C23H17Cl2N5O2. The SMILES string of the molecule is O=C(Cc1cccnc1)NNc1ccnc2c(NC(=O)c3c(Cl)cccc3Cl)cccc12. The van der Waals surface area contributed by atoms with Gasteiger partial charge >= 0.3 is 0 Å². The van der Waals surface area contributed by atoms with Gasteiger partial charge in [0.05, 0.1) is 38.9 Å². The van der Waals surface area contributed by atoms with E-state index < -0.39 is 5.91 Å². The predicted octanol–water partition coefficient (Wildman–Crippen LogP) is 4.87. The summed E-state index contributed by atoms with van der Waals surface area (Å²) in [7, 11) is 0. The van der Waals surface area contributed by atoms with Crippen molar-refractivity contribution in [1.82, 2.24) is 15.4 Å². The number of hydrogen-bond donors (Lipinski definition) is 3. The molecule has 160 valence electrons. The van der Waals surface area contributed by atoms with Crippen molar-refractivity contribution in [3.8, 4) is 0 Å². The molecule has 0 unspecified atom stereocenters. The molecule has 2 aromatic heterocycles. The van der Waals surface area contributed by atoms with Gasteiger partial charge in [-0.1, -0.05) is 47.5 Å². The zero-order valence-corrected chi connectivity index (χ0v) is 18.1. The Morgan fingerprint density at radius 1 is 0.875 bits per heavy atom. The van der Waals surface area contributed by atoms with E-state index in [0.717, 1.165) is 5.56 Å². The minimum absolute atomic E-state index is 0.184. The number of benzene rings is 2. The number of hydrazine groups is 1. The second-order valence-electron chi connectivity index (χ2n) is 6.82. The molecule has 0 saturated heterocycles. The number of carbonyl (C=O) groups is 2. The lowest BCUT2D eigenvalue weighted by Gasteiger charge is -2.14. The first-order chi connectivity index (χ1) is 15.5. The van der Waals surface area contributed by atoms with Crippen LogP contribution in [0.15, 0.2) is 73.2 Å². The minimum Gasteiger partial charge on any atom is -0.320 e. The standard InChI is InChI=1S/C23H17Cl2N5O2/c24-16-6-2-7-17(25)21(16)23(32)28-19-8-1-5-15-18(9-11-27-22(15)19)29-30-20(31)12-14-4-3-10-26-13-14/h1-11,13H,12H2,(H,27,29)(H,28,32)(H,30,31). The van der Waals surface area contributed by atoms with Crippen molar-refractivity contribution in [1.29, 1.82) is 0 Å². The zero-order chi connectivity index (χ0) is 22.5. The molecule has 4 aromatic rings. The number of fused-ring (bicyclic) bond motifs is 1. The lowest BCUT2D eigenvalue weighted by Crippen LogP contribution is -2.30. The Bertz CT molecular complexity index is 1280. The van der Waals surface area contributed by atoms with E-state index in [1.54, 1.807) is 61.1 Å². The summed E-state index contributed by atoms with van der Waals surface area (Å²) in [5.41, 5.74) is 8.23. The van der Waals surface area contributed by atoms with Gasteiger partial charge in [0.25, 0.3) is 5.91 Å². The largest absolute Gasteiger partial charge is 0.320 e. The number of anilines is 2. The monoisotopic (exact) mass is 465 g/mol. The average Bonchev–Trinajstić information content (AvgIpc) is 2.78. The van der Waals surface area contributed by atoms with E-state index >= 15 is 0 Å². The lowest BCUT2D eigenvalue weighted by atomic mass is 10.1. The second-order valence-corrected chi connectivity index (χ2v) is 7.64. The Hall–Kier alpha value is -3.68. The Morgan fingerprint density at radius 3 is 2.41 bits per heavy atom. The highest BCUT2D eigenvalue weighted by Crippen LogP contribution is 2.29. The smallest absolute Gasteiger partial charge is 0.258 e. The molecule has 0 bridgehead atoms. The van der Waals surface area contributed by atoms with Crippen LogP contribution in [0.4, 0.5) is 11.4 Å². The summed E-state index contributed by atoms with van der Waals surface area (Å²) in [5.74, 6) is -0.668. The number of nitrogens with zero attached hydrogens (tertiary/aromatic N) is 2. The van der Waals surface area contributed by atoms with Crippen LogP contribution in [0.5, 0.6) is 0 Å². The molecule has 0 spiro atoms. The summed E-state index contributed by atoms with van der Waals surface area (Å²) in [5, 5.41) is 4.02. The number of pyridine rings is 2. The Morgan fingerprint density at radius 2 is 1.66 bits per heavy atom. The number of carbonyl (C=O) groups excluding carboxylic acids is 2. The van der Waals surface area contributed by atoms with Gasteiger partial charge in [-0.3, -0.25) is 30.4 Å². The van der Waals surface area contributed by atoms with Crippen molar-refractivity contribution in [3.05, 3.63) is 94.4 Å². The first-order valence-corrected chi connectivity index (χ1v) is 10.4. The van der Waals surface area contributed by atoms with Crippen LogP contribution in [0.1, 0.15) is 15.9 Å². The quantitative estimate of drug-likeness (QED) is 0.352. The maximum atomic E-state index is 12.8. The van der Waals surface area contributed by atoms with Crippen LogP contribution < -0.4 is 16.2 Å². The molecular weight excluding hydrogens is 449 g/mol. The van der Waals surface area contributed by atoms with Crippen molar-refractivity contribution in [2.24, 2.45) is 0 Å².